The minimum Gasteiger partial charge on any atom is -0.336 e. The number of nitro groups is 1. The van der Waals surface area contributed by atoms with Crippen molar-refractivity contribution in [3.05, 3.63) is 101 Å². The smallest absolute Gasteiger partial charge is 0.270 e. The molecule has 0 aliphatic carbocycles. The zero-order chi connectivity index (χ0) is 27.1. The van der Waals surface area contributed by atoms with Gasteiger partial charge in [0.15, 0.2) is 0 Å². The Morgan fingerprint density at radius 2 is 1.39 bits per heavy atom. The van der Waals surface area contributed by atoms with Crippen molar-refractivity contribution in [2.75, 3.05) is 26.2 Å². The summed E-state index contributed by atoms with van der Waals surface area (Å²) in [6.45, 7) is 0.436. The Kier molecular flexibility index (Phi) is 6.51. The number of nitrogens with zero attached hydrogens (tertiary/aromatic N) is 4. The molecule has 0 N–H and O–H groups in total. The highest BCUT2D eigenvalue weighted by molar-refractivity contribution is 7.90. The van der Waals surface area contributed by atoms with E-state index in [1.807, 2.05) is 0 Å². The van der Waals surface area contributed by atoms with Crippen LogP contribution in [0.1, 0.15) is 10.4 Å². The second-order valence-corrected chi connectivity index (χ2v) is 12.4. The van der Waals surface area contributed by atoms with Gasteiger partial charge in [0.2, 0.25) is 10.0 Å². The second kappa shape index (κ2) is 9.67. The van der Waals surface area contributed by atoms with E-state index in [2.05, 4.69) is 0 Å². The van der Waals surface area contributed by atoms with Crippen molar-refractivity contribution in [3.63, 3.8) is 0 Å². The molecule has 38 heavy (non-hydrogen) atoms. The van der Waals surface area contributed by atoms with Gasteiger partial charge in [-0.1, -0.05) is 42.5 Å². The van der Waals surface area contributed by atoms with Crippen LogP contribution in [0.3, 0.4) is 0 Å². The normalized spacial score (nSPS) is 15.0. The summed E-state index contributed by atoms with van der Waals surface area (Å²) in [6.07, 6.45) is 1.22. The van der Waals surface area contributed by atoms with Gasteiger partial charge in [0.1, 0.15) is 0 Å². The molecule has 3 aromatic carbocycles. The van der Waals surface area contributed by atoms with Crippen LogP contribution in [-0.4, -0.2) is 67.0 Å². The van der Waals surface area contributed by atoms with Gasteiger partial charge >= 0.3 is 0 Å². The number of para-hydroxylation sites is 1. The maximum Gasteiger partial charge on any atom is 0.270 e. The van der Waals surface area contributed by atoms with Crippen molar-refractivity contribution in [2.45, 2.75) is 9.79 Å². The van der Waals surface area contributed by atoms with Crippen LogP contribution in [-0.2, 0) is 20.0 Å². The van der Waals surface area contributed by atoms with Crippen LogP contribution in [0.4, 0.5) is 5.69 Å². The van der Waals surface area contributed by atoms with Gasteiger partial charge in [-0.25, -0.2) is 20.8 Å². The number of carbonyl (C=O) groups excluding carboxylic acids is 1. The summed E-state index contributed by atoms with van der Waals surface area (Å²) < 4.78 is 55.1. The largest absolute Gasteiger partial charge is 0.336 e. The summed E-state index contributed by atoms with van der Waals surface area (Å²) in [5.41, 5.74) is 0.00350. The van der Waals surface area contributed by atoms with Gasteiger partial charge in [0.25, 0.3) is 21.6 Å². The fraction of sp³-hybridized carbons (Fsp3) is 0.160. The van der Waals surface area contributed by atoms with Gasteiger partial charge in [-0.05, 0) is 24.3 Å². The van der Waals surface area contributed by atoms with E-state index < -0.39 is 30.9 Å². The van der Waals surface area contributed by atoms with Crippen LogP contribution in [0.15, 0.2) is 94.9 Å². The van der Waals surface area contributed by atoms with Gasteiger partial charge in [0, 0.05) is 49.9 Å². The van der Waals surface area contributed by atoms with Crippen LogP contribution >= 0.6 is 0 Å². The molecule has 0 unspecified atom stereocenters. The van der Waals surface area contributed by atoms with Gasteiger partial charge in [-0.15, -0.1) is 0 Å². The highest BCUT2D eigenvalue weighted by Gasteiger charge is 2.32. The lowest BCUT2D eigenvalue weighted by Crippen LogP contribution is -2.50. The van der Waals surface area contributed by atoms with Crippen molar-refractivity contribution in [1.29, 1.82) is 0 Å². The van der Waals surface area contributed by atoms with E-state index in [0.717, 1.165) is 10.0 Å². The van der Waals surface area contributed by atoms with Crippen molar-refractivity contribution in [2.24, 2.45) is 0 Å². The van der Waals surface area contributed by atoms with E-state index in [9.17, 15) is 31.7 Å². The molecule has 0 bridgehead atoms. The summed E-state index contributed by atoms with van der Waals surface area (Å²) in [6, 6.07) is 19.2. The third-order valence-electron chi connectivity index (χ3n) is 6.40. The Bertz CT molecular complexity index is 1760. The molecule has 196 valence electrons. The maximum atomic E-state index is 13.5. The van der Waals surface area contributed by atoms with E-state index in [4.69, 9.17) is 0 Å². The molecule has 4 aromatic rings. The van der Waals surface area contributed by atoms with Crippen LogP contribution in [0, 0.1) is 10.1 Å². The Morgan fingerprint density at radius 1 is 0.763 bits per heavy atom. The van der Waals surface area contributed by atoms with Gasteiger partial charge in [-0.3, -0.25) is 14.9 Å². The number of piperazine rings is 1. The van der Waals surface area contributed by atoms with Crippen LogP contribution in [0.25, 0.3) is 10.9 Å². The quantitative estimate of drug-likeness (QED) is 0.264. The highest BCUT2D eigenvalue weighted by Crippen LogP contribution is 2.29. The number of hydrogen-bond donors (Lipinski definition) is 0. The third-order valence-corrected chi connectivity index (χ3v) is 9.98. The molecule has 1 aliphatic heterocycles. The Balaban J connectivity index is 1.45. The summed E-state index contributed by atoms with van der Waals surface area (Å²) in [5, 5.41) is 11.6. The monoisotopic (exact) mass is 554 g/mol. The zero-order valence-corrected chi connectivity index (χ0v) is 21.5. The molecule has 0 spiro atoms. The molecule has 1 amide bonds. The van der Waals surface area contributed by atoms with Crippen molar-refractivity contribution >= 4 is 42.5 Å². The first-order valence-corrected chi connectivity index (χ1v) is 14.4. The number of hydrogen-bond acceptors (Lipinski definition) is 7. The minimum absolute atomic E-state index is 0.0909. The Morgan fingerprint density at radius 3 is 2.08 bits per heavy atom. The van der Waals surface area contributed by atoms with Crippen molar-refractivity contribution < 1.29 is 26.6 Å². The number of amides is 1. The van der Waals surface area contributed by atoms with Crippen molar-refractivity contribution in [1.82, 2.24) is 13.2 Å². The number of non-ortho nitro benzene ring substituents is 1. The summed E-state index contributed by atoms with van der Waals surface area (Å²) in [4.78, 5) is 25.4. The molecule has 0 saturated carbocycles. The van der Waals surface area contributed by atoms with E-state index in [1.54, 1.807) is 42.5 Å². The SMILES string of the molecule is O=C(c1cn(S(=O)(=O)c2cccc([N+](=O)[O-])c2)c2ccccc12)N1CCN(S(=O)(=O)c2ccccc2)CC1. The molecule has 1 fully saturated rings. The van der Waals surface area contributed by atoms with E-state index in [-0.39, 0.29) is 52.7 Å². The molecule has 0 atom stereocenters. The summed E-state index contributed by atoms with van der Waals surface area (Å²) in [7, 11) is -7.97. The Hall–Kier alpha value is -4.07. The predicted molar refractivity (Wildman–Crippen MR) is 139 cm³/mol. The number of carbonyl (C=O) groups is 1. The number of benzene rings is 3. The maximum absolute atomic E-state index is 13.5. The van der Waals surface area contributed by atoms with Crippen LogP contribution < -0.4 is 0 Å². The predicted octanol–water partition coefficient (Wildman–Crippen LogP) is 2.93. The fourth-order valence-electron chi connectivity index (χ4n) is 4.43. The minimum atomic E-state index is -4.27. The van der Waals surface area contributed by atoms with Crippen LogP contribution in [0.2, 0.25) is 0 Å². The number of fused-ring (bicyclic) bond motifs is 1. The molecule has 1 aromatic heterocycles. The standard InChI is InChI=1S/C25H22N4O7S2/c30-25(26-13-15-27(16-14-26)37(33,34)20-8-2-1-3-9-20)23-18-28(24-12-5-4-11-22(23)24)38(35,36)21-10-6-7-19(17-21)29(31)32/h1-12,17-18H,13-16H2. The fourth-order valence-corrected chi connectivity index (χ4v) is 7.29. The number of nitro benzene ring substituents is 1. The van der Waals surface area contributed by atoms with E-state index in [1.165, 1.54) is 45.7 Å². The lowest BCUT2D eigenvalue weighted by Gasteiger charge is -2.34. The number of aromatic nitrogens is 1. The number of rotatable bonds is 6. The molecule has 1 aliphatic rings. The van der Waals surface area contributed by atoms with Gasteiger partial charge in [0.05, 0.1) is 25.8 Å². The first kappa shape index (κ1) is 25.6. The third kappa shape index (κ3) is 4.44. The van der Waals surface area contributed by atoms with Crippen molar-refractivity contribution in [3.8, 4) is 0 Å². The first-order valence-electron chi connectivity index (χ1n) is 11.6. The molecule has 2 heterocycles. The lowest BCUT2D eigenvalue weighted by molar-refractivity contribution is -0.385. The molecule has 1 saturated heterocycles. The number of sulfonamides is 1. The average molecular weight is 555 g/mol. The summed E-state index contributed by atoms with van der Waals surface area (Å²) >= 11 is 0. The molecular formula is C25H22N4O7S2. The van der Waals surface area contributed by atoms with E-state index in [0.29, 0.717) is 5.39 Å². The Labute approximate surface area is 218 Å². The second-order valence-electron chi connectivity index (χ2n) is 8.62. The zero-order valence-electron chi connectivity index (χ0n) is 19.9. The lowest BCUT2D eigenvalue weighted by atomic mass is 10.1. The topological polar surface area (TPSA) is 140 Å². The molecule has 0 radical (unpaired) electrons. The van der Waals surface area contributed by atoms with E-state index >= 15 is 0 Å². The molecule has 13 heteroatoms. The van der Waals surface area contributed by atoms with Gasteiger partial charge in [-0.2, -0.15) is 4.31 Å². The van der Waals surface area contributed by atoms with Gasteiger partial charge < -0.3 is 4.90 Å². The van der Waals surface area contributed by atoms with Crippen LogP contribution in [0.5, 0.6) is 0 Å². The first-order chi connectivity index (χ1) is 18.1. The molecule has 11 nitrogen and oxygen atoms in total. The molecular weight excluding hydrogens is 532 g/mol. The highest BCUT2D eigenvalue weighted by atomic mass is 32.2. The molecule has 5 rings (SSSR count). The average Bonchev–Trinajstić information content (AvgIpc) is 3.34. The summed E-state index contributed by atoms with van der Waals surface area (Å²) in [5.74, 6) is -0.439.